The Morgan fingerprint density at radius 3 is 2.39 bits per heavy atom. The number of alkyl halides is 3. The van der Waals surface area contributed by atoms with E-state index in [1.807, 2.05) is 42.5 Å². The Hall–Kier alpha value is -2.19. The molecule has 0 bridgehead atoms. The smallest absolute Gasteiger partial charge is 0.389 e. The molecule has 0 amide bonds. The van der Waals surface area contributed by atoms with Gasteiger partial charge in [0.15, 0.2) is 11.5 Å². The molecule has 1 aliphatic rings. The molecule has 0 aliphatic carbocycles. The summed E-state index contributed by atoms with van der Waals surface area (Å²) in [5.41, 5.74) is 2.07. The van der Waals surface area contributed by atoms with Crippen LogP contribution in [-0.4, -0.2) is 32.2 Å². The highest BCUT2D eigenvalue weighted by molar-refractivity contribution is 7.97. The van der Waals surface area contributed by atoms with E-state index in [-0.39, 0.29) is 18.4 Å². The van der Waals surface area contributed by atoms with Crippen LogP contribution in [0, 0.1) is 5.92 Å². The average molecular weight is 454 g/mol. The van der Waals surface area contributed by atoms with Gasteiger partial charge in [0.1, 0.15) is 5.78 Å². The highest BCUT2D eigenvalue weighted by Gasteiger charge is 2.36. The minimum Gasteiger partial charge on any atom is -0.493 e. The van der Waals surface area contributed by atoms with Crippen LogP contribution in [0.1, 0.15) is 43.2 Å². The van der Waals surface area contributed by atoms with E-state index < -0.39 is 24.3 Å². The van der Waals surface area contributed by atoms with Crippen LogP contribution in [0.5, 0.6) is 11.5 Å². The third kappa shape index (κ3) is 5.95. The molecule has 0 saturated carbocycles. The van der Waals surface area contributed by atoms with E-state index in [4.69, 9.17) is 9.47 Å². The predicted molar refractivity (Wildman–Crippen MR) is 115 cm³/mol. The molecule has 1 aliphatic heterocycles. The number of carbonyl (C=O) groups excluding carboxylic acids is 1. The minimum absolute atomic E-state index is 0.0676. The van der Waals surface area contributed by atoms with Crippen molar-refractivity contribution in [2.75, 3.05) is 14.2 Å². The maximum Gasteiger partial charge on any atom is 0.389 e. The zero-order chi connectivity index (χ0) is 22.6. The lowest BCUT2D eigenvalue weighted by molar-refractivity contribution is -0.153. The number of carbonyl (C=O) groups is 1. The van der Waals surface area contributed by atoms with E-state index in [1.165, 1.54) is 18.9 Å². The number of hydrogen-bond donors (Lipinski definition) is 1. The zero-order valence-electron chi connectivity index (χ0n) is 17.7. The summed E-state index contributed by atoms with van der Waals surface area (Å²) in [5, 5.41) is 0. The van der Waals surface area contributed by atoms with Gasteiger partial charge >= 0.3 is 6.18 Å². The molecule has 1 unspecified atom stereocenters. The Morgan fingerprint density at radius 2 is 1.81 bits per heavy atom. The third-order valence-electron chi connectivity index (χ3n) is 5.57. The third-order valence-corrected chi connectivity index (χ3v) is 6.60. The van der Waals surface area contributed by atoms with Crippen molar-refractivity contribution in [3.05, 3.63) is 53.6 Å². The Bertz CT molecular complexity index is 905. The summed E-state index contributed by atoms with van der Waals surface area (Å²) in [6.07, 6.45) is -4.80. The van der Waals surface area contributed by atoms with Crippen LogP contribution in [0.3, 0.4) is 0 Å². The van der Waals surface area contributed by atoms with Gasteiger partial charge in [-0.05, 0) is 55.0 Å². The van der Waals surface area contributed by atoms with E-state index in [0.717, 1.165) is 16.0 Å². The van der Waals surface area contributed by atoms with Gasteiger partial charge in [-0.15, -0.1) is 0 Å². The Morgan fingerprint density at radius 1 is 1.16 bits per heavy atom. The number of benzene rings is 2. The fourth-order valence-corrected chi connectivity index (χ4v) is 4.98. The first-order valence-electron chi connectivity index (χ1n) is 10.0. The molecule has 1 heterocycles. The molecule has 1 N–H and O–H groups in total. The van der Waals surface area contributed by atoms with E-state index in [9.17, 15) is 18.0 Å². The summed E-state index contributed by atoms with van der Waals surface area (Å²) in [5.74, 6) is -0.397. The molecular formula is C23H26F3NO3S. The highest BCUT2D eigenvalue weighted by atomic mass is 32.2. The number of Topliss-reactive ketones (excluding diaryl/α,β-unsaturated/α-hetero) is 1. The topological polar surface area (TPSA) is 47.6 Å². The minimum atomic E-state index is -4.38. The normalized spacial score (nSPS) is 19.8. The summed E-state index contributed by atoms with van der Waals surface area (Å²) in [6, 6.07) is 13.4. The summed E-state index contributed by atoms with van der Waals surface area (Å²) in [4.78, 5) is 12.9. The molecule has 4 nitrogen and oxygen atoms in total. The first-order chi connectivity index (χ1) is 14.7. The molecule has 3 atom stereocenters. The molecule has 8 heteroatoms. The van der Waals surface area contributed by atoms with Crippen LogP contribution in [0.15, 0.2) is 47.4 Å². The van der Waals surface area contributed by atoms with Crippen molar-refractivity contribution in [3.63, 3.8) is 0 Å². The van der Waals surface area contributed by atoms with Crippen molar-refractivity contribution in [2.24, 2.45) is 5.92 Å². The van der Waals surface area contributed by atoms with Gasteiger partial charge in [0, 0.05) is 22.8 Å². The van der Waals surface area contributed by atoms with Crippen LogP contribution in [-0.2, 0) is 4.79 Å². The van der Waals surface area contributed by atoms with Crippen molar-refractivity contribution in [3.8, 4) is 11.5 Å². The molecule has 3 rings (SSSR count). The molecule has 0 aromatic heterocycles. The Kier molecular flexibility index (Phi) is 7.54. The summed E-state index contributed by atoms with van der Waals surface area (Å²) in [7, 11) is 3.13. The summed E-state index contributed by atoms with van der Waals surface area (Å²) >= 11 is 1.36. The molecule has 168 valence electrons. The Labute approximate surface area is 184 Å². The SMILES string of the molecule is COc1cc2c(cc1OC)[C@H](c1ccccc1)C[C@@H](CC(CC(F)(F)F)C(C)=O)NS2. The molecule has 0 radical (unpaired) electrons. The van der Waals surface area contributed by atoms with E-state index in [0.29, 0.717) is 17.9 Å². The predicted octanol–water partition coefficient (Wildman–Crippen LogP) is 5.75. The van der Waals surface area contributed by atoms with Crippen molar-refractivity contribution in [2.45, 2.75) is 49.2 Å². The second-order valence-electron chi connectivity index (χ2n) is 7.72. The lowest BCUT2D eigenvalue weighted by Crippen LogP contribution is -2.31. The number of hydrogen-bond acceptors (Lipinski definition) is 5. The van der Waals surface area contributed by atoms with Gasteiger partial charge < -0.3 is 9.47 Å². The highest BCUT2D eigenvalue weighted by Crippen LogP contribution is 2.44. The van der Waals surface area contributed by atoms with Crippen molar-refractivity contribution >= 4 is 17.7 Å². The van der Waals surface area contributed by atoms with Crippen LogP contribution < -0.4 is 14.2 Å². The number of methoxy groups -OCH3 is 2. The van der Waals surface area contributed by atoms with Crippen molar-refractivity contribution in [1.82, 2.24) is 4.72 Å². The number of nitrogens with one attached hydrogen (secondary N) is 1. The number of ketones is 1. The standard InChI is InChI=1S/C23H26F3NO3S/c1-14(28)16(13-23(24,25)26)9-17-10-18(15-7-5-4-6-8-15)19-11-20(29-2)21(30-3)12-22(19)31-27-17/h4-8,11-12,16-18,27H,9-10,13H2,1-3H3/t16?,17-,18+/m1/s1. The van der Waals surface area contributed by atoms with Gasteiger partial charge in [0.05, 0.1) is 20.6 Å². The second-order valence-corrected chi connectivity index (χ2v) is 8.60. The monoisotopic (exact) mass is 453 g/mol. The molecule has 2 aromatic carbocycles. The Balaban J connectivity index is 1.97. The number of rotatable bonds is 7. The lowest BCUT2D eigenvalue weighted by Gasteiger charge is -2.25. The average Bonchev–Trinajstić information content (AvgIpc) is 2.91. The van der Waals surface area contributed by atoms with E-state index >= 15 is 0 Å². The molecule has 2 aromatic rings. The van der Waals surface area contributed by atoms with Gasteiger partial charge in [0.2, 0.25) is 0 Å². The second kappa shape index (κ2) is 9.96. The van der Waals surface area contributed by atoms with Gasteiger partial charge in [-0.2, -0.15) is 13.2 Å². The lowest BCUT2D eigenvalue weighted by atomic mass is 9.82. The van der Waals surface area contributed by atoms with Gasteiger partial charge in [0.25, 0.3) is 0 Å². The number of fused-ring (bicyclic) bond motifs is 1. The largest absolute Gasteiger partial charge is 0.493 e. The first kappa shape index (κ1) is 23.5. The summed E-state index contributed by atoms with van der Waals surface area (Å²) in [6.45, 7) is 1.24. The number of halogens is 3. The van der Waals surface area contributed by atoms with E-state index in [2.05, 4.69) is 4.72 Å². The van der Waals surface area contributed by atoms with Crippen molar-refractivity contribution < 1.29 is 27.4 Å². The first-order valence-corrected chi connectivity index (χ1v) is 10.8. The number of ether oxygens (including phenoxy) is 2. The van der Waals surface area contributed by atoms with Crippen molar-refractivity contribution in [1.29, 1.82) is 0 Å². The quantitative estimate of drug-likeness (QED) is 0.541. The molecule has 0 saturated heterocycles. The zero-order valence-corrected chi connectivity index (χ0v) is 18.5. The fourth-order valence-electron chi connectivity index (χ4n) is 4.00. The van der Waals surface area contributed by atoms with Crippen LogP contribution in [0.2, 0.25) is 0 Å². The van der Waals surface area contributed by atoms with Crippen LogP contribution in [0.4, 0.5) is 13.2 Å². The maximum absolute atomic E-state index is 13.0. The molecule has 0 spiro atoms. The maximum atomic E-state index is 13.0. The summed E-state index contributed by atoms with van der Waals surface area (Å²) < 4.78 is 53.3. The molecule has 31 heavy (non-hydrogen) atoms. The van der Waals surface area contributed by atoms with E-state index in [1.54, 1.807) is 14.2 Å². The fraction of sp³-hybridized carbons (Fsp3) is 0.435. The van der Waals surface area contributed by atoms with Crippen LogP contribution >= 0.6 is 11.9 Å². The van der Waals surface area contributed by atoms with Crippen LogP contribution in [0.25, 0.3) is 0 Å². The van der Waals surface area contributed by atoms with Gasteiger partial charge in [-0.3, -0.25) is 9.52 Å². The molecular weight excluding hydrogens is 427 g/mol. The molecule has 0 fully saturated rings. The van der Waals surface area contributed by atoms with Gasteiger partial charge in [-0.25, -0.2) is 0 Å². The van der Waals surface area contributed by atoms with Gasteiger partial charge in [-0.1, -0.05) is 30.3 Å².